The predicted octanol–water partition coefficient (Wildman–Crippen LogP) is 3.30. The van der Waals surface area contributed by atoms with Crippen LogP contribution in [0.1, 0.15) is 17.0 Å². The van der Waals surface area contributed by atoms with E-state index >= 15 is 0 Å². The lowest BCUT2D eigenvalue weighted by Gasteiger charge is -2.09. The topological polar surface area (TPSA) is 76.6 Å². The van der Waals surface area contributed by atoms with Crippen molar-refractivity contribution in [3.05, 3.63) is 82.8 Å². The van der Waals surface area contributed by atoms with E-state index in [2.05, 4.69) is 20.5 Å². The van der Waals surface area contributed by atoms with Gasteiger partial charge >= 0.3 is 6.09 Å². The summed E-state index contributed by atoms with van der Waals surface area (Å²) in [5, 5.41) is 12.5. The van der Waals surface area contributed by atoms with Gasteiger partial charge in [-0.15, -0.1) is 4.80 Å². The summed E-state index contributed by atoms with van der Waals surface area (Å²) in [6.45, 7) is 7.87. The molecule has 0 unspecified atom stereocenters. The van der Waals surface area contributed by atoms with Crippen LogP contribution in [0.25, 0.3) is 10.6 Å². The van der Waals surface area contributed by atoms with E-state index < -0.39 is 11.9 Å². The van der Waals surface area contributed by atoms with Crippen molar-refractivity contribution in [3.8, 4) is 5.69 Å². The zero-order valence-corrected chi connectivity index (χ0v) is 14.7. The molecular formula is C19H15FN6O2. The van der Waals surface area contributed by atoms with Crippen LogP contribution in [-0.2, 0) is 24.4 Å². The minimum absolute atomic E-state index is 0.123. The van der Waals surface area contributed by atoms with Crippen molar-refractivity contribution in [2.45, 2.75) is 19.7 Å². The number of aromatic nitrogens is 3. The van der Waals surface area contributed by atoms with Crippen molar-refractivity contribution in [3.63, 3.8) is 0 Å². The van der Waals surface area contributed by atoms with Gasteiger partial charge < -0.3 is 4.74 Å². The number of nitrogens with one attached hydrogen (secondary N) is 1. The fourth-order valence-electron chi connectivity index (χ4n) is 2.82. The van der Waals surface area contributed by atoms with Crippen molar-refractivity contribution in [2.75, 3.05) is 5.32 Å². The van der Waals surface area contributed by atoms with E-state index in [4.69, 9.17) is 11.3 Å². The van der Waals surface area contributed by atoms with Crippen LogP contribution < -0.4 is 5.32 Å². The standard InChI is InChI=1S/C19H15FN6O2/c1-21-25-10-16-17(11-25)24-26(23-16)18-8-7-14(9-15(18)20)22-19(27)28-12-13-5-3-2-4-6-13/h2-9H,10-12H2,(H,22,27). The second-order valence-electron chi connectivity index (χ2n) is 6.16. The second-order valence-corrected chi connectivity index (χ2v) is 6.16. The first-order valence-electron chi connectivity index (χ1n) is 8.47. The third-order valence-corrected chi connectivity index (χ3v) is 4.19. The van der Waals surface area contributed by atoms with Gasteiger partial charge in [-0.25, -0.2) is 9.18 Å². The lowest BCUT2D eigenvalue weighted by atomic mass is 10.2. The van der Waals surface area contributed by atoms with E-state index in [0.717, 1.165) is 5.56 Å². The van der Waals surface area contributed by atoms with Crippen molar-refractivity contribution >= 4 is 11.8 Å². The maximum Gasteiger partial charge on any atom is 0.411 e. The molecular weight excluding hydrogens is 363 g/mol. The van der Waals surface area contributed by atoms with Gasteiger partial charge in [0.25, 0.3) is 0 Å². The third-order valence-electron chi connectivity index (χ3n) is 4.19. The first-order chi connectivity index (χ1) is 13.6. The zero-order chi connectivity index (χ0) is 19.5. The van der Waals surface area contributed by atoms with Gasteiger partial charge in [-0.2, -0.15) is 21.7 Å². The van der Waals surface area contributed by atoms with Gasteiger partial charge in [-0.05, 0) is 23.8 Å². The molecule has 1 amide bonds. The van der Waals surface area contributed by atoms with Gasteiger partial charge in [0, 0.05) is 5.69 Å². The maximum absolute atomic E-state index is 14.5. The van der Waals surface area contributed by atoms with E-state index in [1.165, 1.54) is 21.9 Å². The van der Waals surface area contributed by atoms with Crippen LogP contribution in [0.4, 0.5) is 14.9 Å². The summed E-state index contributed by atoms with van der Waals surface area (Å²) >= 11 is 0. The Morgan fingerprint density at radius 2 is 1.89 bits per heavy atom. The van der Waals surface area contributed by atoms with Crippen LogP contribution in [0, 0.1) is 12.4 Å². The lowest BCUT2D eigenvalue weighted by Crippen LogP contribution is -2.14. The number of benzene rings is 2. The average molecular weight is 378 g/mol. The molecule has 2 aromatic carbocycles. The highest BCUT2D eigenvalue weighted by Crippen LogP contribution is 2.22. The number of carbonyl (C=O) groups excluding carboxylic acids is 1. The Hall–Kier alpha value is -3.93. The summed E-state index contributed by atoms with van der Waals surface area (Å²) in [7, 11) is 0. The van der Waals surface area contributed by atoms with Gasteiger partial charge in [-0.1, -0.05) is 35.3 Å². The highest BCUT2D eigenvalue weighted by molar-refractivity contribution is 5.84. The van der Waals surface area contributed by atoms with E-state index in [1.807, 2.05) is 30.3 Å². The zero-order valence-electron chi connectivity index (χ0n) is 14.7. The van der Waals surface area contributed by atoms with E-state index in [-0.39, 0.29) is 18.0 Å². The summed E-state index contributed by atoms with van der Waals surface area (Å²) in [6.07, 6.45) is -0.675. The van der Waals surface area contributed by atoms with Crippen molar-refractivity contribution in [1.82, 2.24) is 20.0 Å². The van der Waals surface area contributed by atoms with Gasteiger partial charge in [0.1, 0.15) is 36.8 Å². The number of amides is 1. The molecule has 0 aliphatic carbocycles. The molecule has 3 aromatic rings. The highest BCUT2D eigenvalue weighted by atomic mass is 19.1. The molecule has 2 heterocycles. The number of rotatable bonds is 4. The highest BCUT2D eigenvalue weighted by Gasteiger charge is 2.27. The molecule has 0 atom stereocenters. The Bertz CT molecular complexity index is 1040. The first-order valence-corrected chi connectivity index (χ1v) is 8.47. The Morgan fingerprint density at radius 1 is 1.18 bits per heavy atom. The Balaban J connectivity index is 1.41. The van der Waals surface area contributed by atoms with E-state index in [0.29, 0.717) is 24.5 Å². The molecule has 4 rings (SSSR count). The molecule has 0 fully saturated rings. The van der Waals surface area contributed by atoms with Crippen LogP contribution >= 0.6 is 0 Å². The number of ether oxygens (including phenoxy) is 1. The van der Waals surface area contributed by atoms with Gasteiger partial charge in [0.05, 0.1) is 0 Å². The average Bonchev–Trinajstić information content (AvgIpc) is 3.26. The predicted molar refractivity (Wildman–Crippen MR) is 97.4 cm³/mol. The molecule has 9 heteroatoms. The van der Waals surface area contributed by atoms with Crippen LogP contribution in [0.3, 0.4) is 0 Å². The van der Waals surface area contributed by atoms with Crippen LogP contribution in [0.2, 0.25) is 0 Å². The summed E-state index contributed by atoms with van der Waals surface area (Å²) < 4.78 is 19.6. The van der Waals surface area contributed by atoms with Gasteiger partial charge in [0.15, 0.2) is 5.82 Å². The Morgan fingerprint density at radius 3 is 2.54 bits per heavy atom. The molecule has 1 aliphatic heterocycles. The lowest BCUT2D eigenvalue weighted by molar-refractivity contribution is 0.155. The monoisotopic (exact) mass is 378 g/mol. The molecule has 140 valence electrons. The number of hydrogen-bond acceptors (Lipinski definition) is 5. The minimum atomic E-state index is -0.675. The SMILES string of the molecule is [C-]#[N+]N1Cc2nn(-c3ccc(NC(=O)OCc4ccccc4)cc3F)nc2C1. The first kappa shape index (κ1) is 17.5. The molecule has 28 heavy (non-hydrogen) atoms. The minimum Gasteiger partial charge on any atom is -0.444 e. The largest absolute Gasteiger partial charge is 0.444 e. The van der Waals surface area contributed by atoms with Crippen LogP contribution in [0.15, 0.2) is 48.5 Å². The smallest absolute Gasteiger partial charge is 0.411 e. The van der Waals surface area contributed by atoms with Gasteiger partial charge in [-0.3, -0.25) is 5.32 Å². The maximum atomic E-state index is 14.5. The summed E-state index contributed by atoms with van der Waals surface area (Å²) in [6, 6.07) is 13.5. The van der Waals surface area contributed by atoms with E-state index in [9.17, 15) is 9.18 Å². The number of nitrogens with zero attached hydrogens (tertiary/aromatic N) is 5. The van der Waals surface area contributed by atoms with E-state index in [1.54, 1.807) is 6.07 Å². The van der Waals surface area contributed by atoms with Crippen molar-refractivity contribution < 1.29 is 13.9 Å². The summed E-state index contributed by atoms with van der Waals surface area (Å²) in [4.78, 5) is 16.4. The summed E-state index contributed by atoms with van der Waals surface area (Å²) in [5.41, 5.74) is 2.59. The van der Waals surface area contributed by atoms with Crippen LogP contribution in [0.5, 0.6) is 0 Å². The molecule has 0 radical (unpaired) electrons. The number of anilines is 1. The van der Waals surface area contributed by atoms with Crippen molar-refractivity contribution in [1.29, 1.82) is 0 Å². The Kier molecular flexibility index (Phi) is 4.60. The third kappa shape index (κ3) is 3.61. The normalized spacial score (nSPS) is 12.4. The molecule has 8 nitrogen and oxygen atoms in total. The number of halogens is 1. The Labute approximate surface area is 159 Å². The molecule has 0 saturated carbocycles. The number of hydrogen-bond donors (Lipinski definition) is 1. The number of fused-ring (bicyclic) bond motifs is 1. The molecule has 1 aromatic heterocycles. The molecule has 1 aliphatic rings. The summed E-state index contributed by atoms with van der Waals surface area (Å²) in [5.74, 6) is -0.587. The van der Waals surface area contributed by atoms with Gasteiger partial charge in [0.2, 0.25) is 0 Å². The second kappa shape index (κ2) is 7.36. The number of carbonyl (C=O) groups is 1. The van der Waals surface area contributed by atoms with Crippen LogP contribution in [-0.4, -0.2) is 26.1 Å². The molecule has 0 bridgehead atoms. The molecule has 0 spiro atoms. The quantitative estimate of drug-likeness (QED) is 0.705. The van der Waals surface area contributed by atoms with Crippen molar-refractivity contribution in [2.24, 2.45) is 0 Å². The fraction of sp³-hybridized carbons (Fsp3) is 0.158. The molecule has 0 saturated heterocycles. The molecule has 1 N–H and O–H groups in total. The fourth-order valence-corrected chi connectivity index (χ4v) is 2.82.